The van der Waals surface area contributed by atoms with Crippen LogP contribution in [-0.2, 0) is 0 Å². The van der Waals surface area contributed by atoms with Crippen molar-refractivity contribution in [1.29, 1.82) is 0 Å². The molecule has 1 aromatic carbocycles. The van der Waals surface area contributed by atoms with Crippen LogP contribution in [0.25, 0.3) is 0 Å². The smallest absolute Gasteiger partial charge is 0.189 e. The minimum absolute atomic E-state index is 0.429. The fourth-order valence-electron chi connectivity index (χ4n) is 2.99. The number of aryl methyl sites for hydroxylation is 1. The summed E-state index contributed by atoms with van der Waals surface area (Å²) in [7, 11) is 0. The van der Waals surface area contributed by atoms with E-state index in [-0.39, 0.29) is 0 Å². The predicted octanol–water partition coefficient (Wildman–Crippen LogP) is 3.49. The summed E-state index contributed by atoms with van der Waals surface area (Å²) < 4.78 is 0. The molecule has 0 heterocycles. The molecule has 126 valence electrons. The summed E-state index contributed by atoms with van der Waals surface area (Å²) in [5.74, 6) is 1.36. The van der Waals surface area contributed by atoms with Gasteiger partial charge in [-0.2, -0.15) is 0 Å². The fourth-order valence-corrected chi connectivity index (χ4v) is 3.36. The molecule has 0 unspecified atom stereocenters. The molecule has 4 nitrogen and oxygen atoms in total. The van der Waals surface area contributed by atoms with Crippen molar-refractivity contribution in [1.82, 2.24) is 16.2 Å². The van der Waals surface area contributed by atoms with Crippen molar-refractivity contribution in [2.24, 2.45) is 11.8 Å². The van der Waals surface area contributed by atoms with E-state index in [9.17, 15) is 0 Å². The number of rotatable bonds is 2. The molecule has 1 saturated carbocycles. The lowest BCUT2D eigenvalue weighted by molar-refractivity contribution is 0.224. The summed E-state index contributed by atoms with van der Waals surface area (Å²) >= 11 is 10.6. The third kappa shape index (κ3) is 5.62. The zero-order valence-corrected chi connectivity index (χ0v) is 15.6. The van der Waals surface area contributed by atoms with Gasteiger partial charge < -0.3 is 10.6 Å². The van der Waals surface area contributed by atoms with Crippen molar-refractivity contribution in [3.8, 4) is 0 Å². The molecule has 0 spiro atoms. The maximum absolute atomic E-state index is 5.36. The molecule has 1 fully saturated rings. The highest BCUT2D eigenvalue weighted by molar-refractivity contribution is 7.80. The van der Waals surface area contributed by atoms with Gasteiger partial charge in [0.05, 0.1) is 0 Å². The Kier molecular flexibility index (Phi) is 6.59. The Hall–Kier alpha value is -1.40. The van der Waals surface area contributed by atoms with Crippen LogP contribution >= 0.6 is 24.4 Å². The molecular weight excluding hydrogens is 324 g/mol. The van der Waals surface area contributed by atoms with Crippen LogP contribution in [0.5, 0.6) is 0 Å². The van der Waals surface area contributed by atoms with Gasteiger partial charge in [-0.3, -0.25) is 10.9 Å². The molecule has 0 aliphatic heterocycles. The second-order valence-electron chi connectivity index (χ2n) is 6.42. The Morgan fingerprint density at radius 1 is 1.09 bits per heavy atom. The highest BCUT2D eigenvalue weighted by Gasteiger charge is 2.27. The van der Waals surface area contributed by atoms with Gasteiger partial charge in [-0.25, -0.2) is 0 Å². The second kappa shape index (κ2) is 8.45. The molecule has 0 radical (unpaired) electrons. The molecule has 4 N–H and O–H groups in total. The van der Waals surface area contributed by atoms with Crippen molar-refractivity contribution < 1.29 is 0 Å². The van der Waals surface area contributed by atoms with Crippen LogP contribution in [0.1, 0.15) is 38.7 Å². The van der Waals surface area contributed by atoms with Crippen molar-refractivity contribution in [3.63, 3.8) is 0 Å². The third-order valence-corrected chi connectivity index (χ3v) is 5.01. The molecule has 2 rings (SSSR count). The lowest BCUT2D eigenvalue weighted by Gasteiger charge is -2.35. The molecule has 3 atom stereocenters. The van der Waals surface area contributed by atoms with Gasteiger partial charge in [-0.1, -0.05) is 38.8 Å². The van der Waals surface area contributed by atoms with E-state index in [1.807, 2.05) is 31.2 Å². The van der Waals surface area contributed by atoms with Crippen LogP contribution in [0.3, 0.4) is 0 Å². The van der Waals surface area contributed by atoms with E-state index in [1.165, 1.54) is 24.8 Å². The molecule has 1 aliphatic carbocycles. The number of nitrogens with one attached hydrogen (secondary N) is 4. The van der Waals surface area contributed by atoms with E-state index in [2.05, 4.69) is 35.3 Å². The minimum Gasteiger partial charge on any atom is -0.358 e. The Morgan fingerprint density at radius 2 is 1.83 bits per heavy atom. The number of hydrazine groups is 1. The normalized spacial score (nSPS) is 23.7. The Labute approximate surface area is 149 Å². The molecule has 1 aliphatic rings. The van der Waals surface area contributed by atoms with E-state index in [0.717, 1.165) is 11.6 Å². The Balaban J connectivity index is 1.74. The van der Waals surface area contributed by atoms with Crippen molar-refractivity contribution in [3.05, 3.63) is 29.8 Å². The van der Waals surface area contributed by atoms with Crippen molar-refractivity contribution in [2.45, 2.75) is 46.1 Å². The number of anilines is 1. The largest absolute Gasteiger partial charge is 0.358 e. The molecule has 23 heavy (non-hydrogen) atoms. The fraction of sp³-hybridized carbons (Fsp3) is 0.529. The third-order valence-electron chi connectivity index (χ3n) is 4.59. The van der Waals surface area contributed by atoms with Gasteiger partial charge in [0.1, 0.15) is 0 Å². The van der Waals surface area contributed by atoms with E-state index in [1.54, 1.807) is 0 Å². The Morgan fingerprint density at radius 3 is 2.57 bits per heavy atom. The van der Waals surface area contributed by atoms with E-state index in [0.29, 0.717) is 22.2 Å². The summed E-state index contributed by atoms with van der Waals surface area (Å²) in [6.07, 6.45) is 3.73. The highest BCUT2D eigenvalue weighted by atomic mass is 32.1. The lowest BCUT2D eigenvalue weighted by Crippen LogP contribution is -2.53. The van der Waals surface area contributed by atoms with E-state index < -0.39 is 0 Å². The van der Waals surface area contributed by atoms with Crippen molar-refractivity contribution >= 4 is 40.3 Å². The van der Waals surface area contributed by atoms with Crippen LogP contribution in [0, 0.1) is 18.8 Å². The Bertz CT molecular complexity index is 561. The molecule has 0 saturated heterocycles. The number of hydrogen-bond acceptors (Lipinski definition) is 2. The second-order valence-corrected chi connectivity index (χ2v) is 7.24. The monoisotopic (exact) mass is 350 g/mol. The summed E-state index contributed by atoms with van der Waals surface area (Å²) in [5, 5.41) is 7.60. The zero-order chi connectivity index (χ0) is 16.8. The maximum Gasteiger partial charge on any atom is 0.189 e. The van der Waals surface area contributed by atoms with Gasteiger partial charge in [0.15, 0.2) is 10.2 Å². The first kappa shape index (κ1) is 17.9. The first-order chi connectivity index (χ1) is 11.0. The molecule has 0 aromatic heterocycles. The molecule has 0 amide bonds. The van der Waals surface area contributed by atoms with Crippen molar-refractivity contribution in [2.75, 3.05) is 5.32 Å². The van der Waals surface area contributed by atoms with Gasteiger partial charge in [-0.15, -0.1) is 0 Å². The highest BCUT2D eigenvalue weighted by Crippen LogP contribution is 2.29. The van der Waals surface area contributed by atoms with Crippen LogP contribution < -0.4 is 21.5 Å². The van der Waals surface area contributed by atoms with Gasteiger partial charge in [0.25, 0.3) is 0 Å². The maximum atomic E-state index is 5.36. The number of hydrogen-bond donors (Lipinski definition) is 4. The molecule has 6 heteroatoms. The van der Waals surface area contributed by atoms with Crippen LogP contribution in [0.2, 0.25) is 0 Å². The number of benzene rings is 1. The van der Waals surface area contributed by atoms with Crippen LogP contribution in [-0.4, -0.2) is 16.3 Å². The molecule has 1 aromatic rings. The first-order valence-corrected chi connectivity index (χ1v) is 8.97. The average Bonchev–Trinajstić information content (AvgIpc) is 2.50. The van der Waals surface area contributed by atoms with Gasteiger partial charge in [0.2, 0.25) is 0 Å². The predicted molar refractivity (Wildman–Crippen MR) is 105 cm³/mol. The first-order valence-electron chi connectivity index (χ1n) is 8.16. The quantitative estimate of drug-likeness (QED) is 0.484. The number of thiocarbonyl (C=S) groups is 2. The standard InChI is InChI=1S/C17H26N4S2/c1-11-6-4-8-14(10-11)18-16(22)20-21-17(23)19-15-9-5-7-12(2)13(15)3/h4,6,8,10,12-13,15H,5,7,9H2,1-3H3,(H2,18,20,22)(H2,19,21,23)/t12-,13+,15-/m1/s1. The summed E-state index contributed by atoms with van der Waals surface area (Å²) in [6, 6.07) is 8.48. The topological polar surface area (TPSA) is 48.1 Å². The average molecular weight is 351 g/mol. The lowest BCUT2D eigenvalue weighted by atomic mass is 9.78. The SMILES string of the molecule is Cc1cccc(NC(=S)NNC(=S)N[C@@H]2CCC[C@@H](C)[C@@H]2C)c1. The summed E-state index contributed by atoms with van der Waals surface area (Å²) in [6.45, 7) is 6.65. The van der Waals surface area contributed by atoms with Gasteiger partial charge in [0, 0.05) is 11.7 Å². The summed E-state index contributed by atoms with van der Waals surface area (Å²) in [4.78, 5) is 0. The molecular formula is C17H26N4S2. The van der Waals surface area contributed by atoms with Crippen LogP contribution in [0.15, 0.2) is 24.3 Å². The van der Waals surface area contributed by atoms with E-state index in [4.69, 9.17) is 24.4 Å². The van der Waals surface area contributed by atoms with Crippen LogP contribution in [0.4, 0.5) is 5.69 Å². The zero-order valence-electron chi connectivity index (χ0n) is 14.0. The minimum atomic E-state index is 0.429. The molecule has 0 bridgehead atoms. The van der Waals surface area contributed by atoms with Gasteiger partial charge >= 0.3 is 0 Å². The van der Waals surface area contributed by atoms with E-state index >= 15 is 0 Å². The summed E-state index contributed by atoms with van der Waals surface area (Å²) in [5.41, 5.74) is 8.04. The van der Waals surface area contributed by atoms with Gasteiger partial charge in [-0.05, 0) is 67.3 Å².